The zero-order valence-corrected chi connectivity index (χ0v) is 15.7. The summed E-state index contributed by atoms with van der Waals surface area (Å²) in [4.78, 5) is 11.0. The number of methoxy groups -OCH3 is 1. The predicted molar refractivity (Wildman–Crippen MR) is 100 cm³/mol. The van der Waals surface area contributed by atoms with E-state index < -0.39 is 0 Å². The molecule has 3 heteroatoms. The van der Waals surface area contributed by atoms with E-state index in [1.807, 2.05) is 0 Å². The van der Waals surface area contributed by atoms with Gasteiger partial charge in [-0.2, -0.15) is 0 Å². The molecule has 0 radical (unpaired) electrons. The van der Waals surface area contributed by atoms with Crippen molar-refractivity contribution < 1.29 is 14.3 Å². The van der Waals surface area contributed by atoms with Gasteiger partial charge < -0.3 is 9.47 Å². The van der Waals surface area contributed by atoms with Crippen LogP contribution in [-0.4, -0.2) is 25.3 Å². The fourth-order valence-electron chi connectivity index (χ4n) is 2.85. The van der Waals surface area contributed by atoms with Gasteiger partial charge in [-0.25, -0.2) is 0 Å². The number of hydrogen-bond acceptors (Lipinski definition) is 3. The Hall–Kier alpha value is -1.09. The summed E-state index contributed by atoms with van der Waals surface area (Å²) in [6.07, 6.45) is 23.6. The highest BCUT2D eigenvalue weighted by Gasteiger charge is 2.35. The molecule has 0 aliphatic carbocycles. The Labute approximate surface area is 148 Å². The summed E-state index contributed by atoms with van der Waals surface area (Å²) in [7, 11) is 1.43. The lowest BCUT2D eigenvalue weighted by molar-refractivity contribution is -0.140. The van der Waals surface area contributed by atoms with Crippen molar-refractivity contribution in [3.05, 3.63) is 24.3 Å². The summed E-state index contributed by atoms with van der Waals surface area (Å²) in [5.41, 5.74) is 0. The van der Waals surface area contributed by atoms with Crippen molar-refractivity contribution in [2.24, 2.45) is 0 Å². The first kappa shape index (κ1) is 21.0. The van der Waals surface area contributed by atoms with Crippen LogP contribution in [0.2, 0.25) is 0 Å². The Morgan fingerprint density at radius 1 is 1.00 bits per heavy atom. The molecule has 0 saturated carbocycles. The lowest BCUT2D eigenvalue weighted by Gasteiger charge is -1.99. The van der Waals surface area contributed by atoms with Crippen molar-refractivity contribution in [3.63, 3.8) is 0 Å². The van der Waals surface area contributed by atoms with Crippen LogP contribution in [0.25, 0.3) is 0 Å². The molecule has 1 fully saturated rings. The summed E-state index contributed by atoms with van der Waals surface area (Å²) in [6, 6.07) is 0. The molecule has 1 saturated heterocycles. The Bertz CT molecular complexity index is 373. The number of esters is 1. The topological polar surface area (TPSA) is 38.8 Å². The van der Waals surface area contributed by atoms with E-state index in [4.69, 9.17) is 4.74 Å². The third kappa shape index (κ3) is 11.4. The molecule has 3 nitrogen and oxygen atoms in total. The van der Waals surface area contributed by atoms with Crippen LogP contribution in [0.3, 0.4) is 0 Å². The normalized spacial score (nSPS) is 20.1. The van der Waals surface area contributed by atoms with Gasteiger partial charge in [0.2, 0.25) is 0 Å². The monoisotopic (exact) mass is 336 g/mol. The van der Waals surface area contributed by atoms with Gasteiger partial charge in [-0.15, -0.1) is 0 Å². The van der Waals surface area contributed by atoms with Crippen molar-refractivity contribution in [2.45, 2.75) is 96.2 Å². The largest absolute Gasteiger partial charge is 0.469 e. The highest BCUT2D eigenvalue weighted by Crippen LogP contribution is 2.28. The third-order valence-corrected chi connectivity index (χ3v) is 4.49. The quantitative estimate of drug-likeness (QED) is 0.166. The van der Waals surface area contributed by atoms with Crippen LogP contribution in [0.15, 0.2) is 24.3 Å². The minimum atomic E-state index is -0.133. The molecule has 1 aliphatic heterocycles. The smallest absolute Gasteiger partial charge is 0.305 e. The fraction of sp³-hybridized carbons (Fsp3) is 0.762. The van der Waals surface area contributed by atoms with E-state index in [9.17, 15) is 4.79 Å². The standard InChI is InChI=1S/C21H36O3/c1-3-4-5-6-7-8-9-10-11-12-13-14-16-19-20(24-19)17-15-18-21(22)23-2/h12-14,16,19-20H,3-11,15,17-18H2,1-2H3/b13-12+,16-14-/t19-,20-/m0/s1. The predicted octanol–water partition coefficient (Wildman–Crippen LogP) is 5.74. The highest BCUT2D eigenvalue weighted by atomic mass is 16.6. The Balaban J connectivity index is 1.87. The number of unbranched alkanes of at least 4 members (excludes halogenated alkanes) is 8. The highest BCUT2D eigenvalue weighted by molar-refractivity contribution is 5.68. The van der Waals surface area contributed by atoms with Crippen LogP contribution < -0.4 is 0 Å². The number of carbonyl (C=O) groups excluding carboxylic acids is 1. The van der Waals surface area contributed by atoms with E-state index in [0.717, 1.165) is 12.8 Å². The molecule has 2 atom stereocenters. The molecule has 1 aliphatic rings. The first-order valence-electron chi connectivity index (χ1n) is 9.83. The third-order valence-electron chi connectivity index (χ3n) is 4.49. The second-order valence-electron chi connectivity index (χ2n) is 6.68. The molecular formula is C21H36O3. The fourth-order valence-corrected chi connectivity index (χ4v) is 2.85. The van der Waals surface area contributed by atoms with Gasteiger partial charge in [0.1, 0.15) is 6.10 Å². The molecule has 0 aromatic heterocycles. The average molecular weight is 337 g/mol. The first-order valence-corrected chi connectivity index (χ1v) is 9.83. The molecule has 24 heavy (non-hydrogen) atoms. The maximum absolute atomic E-state index is 11.0. The van der Waals surface area contributed by atoms with Gasteiger partial charge in [-0.1, -0.05) is 76.2 Å². The Morgan fingerprint density at radius 3 is 2.42 bits per heavy atom. The average Bonchev–Trinajstić information content (AvgIpc) is 3.34. The molecule has 0 spiro atoms. The number of carbonyl (C=O) groups is 1. The van der Waals surface area contributed by atoms with E-state index in [0.29, 0.717) is 12.5 Å². The summed E-state index contributed by atoms with van der Waals surface area (Å²) in [5.74, 6) is -0.133. The van der Waals surface area contributed by atoms with Crippen molar-refractivity contribution in [2.75, 3.05) is 7.11 Å². The second kappa shape index (κ2) is 14.3. The van der Waals surface area contributed by atoms with Crippen molar-refractivity contribution in [3.8, 4) is 0 Å². The van der Waals surface area contributed by atoms with Gasteiger partial charge in [-0.05, 0) is 25.7 Å². The van der Waals surface area contributed by atoms with Gasteiger partial charge in [-0.3, -0.25) is 4.79 Å². The zero-order valence-electron chi connectivity index (χ0n) is 15.7. The van der Waals surface area contributed by atoms with Crippen LogP contribution in [0, 0.1) is 0 Å². The number of hydrogen-bond donors (Lipinski definition) is 0. The molecule has 0 unspecified atom stereocenters. The molecule has 0 aromatic rings. The molecule has 0 bridgehead atoms. The molecule has 1 heterocycles. The number of ether oxygens (including phenoxy) is 2. The Kier molecular flexibility index (Phi) is 12.5. The van der Waals surface area contributed by atoms with Crippen LogP contribution in [-0.2, 0) is 14.3 Å². The number of rotatable bonds is 15. The van der Waals surface area contributed by atoms with Gasteiger partial charge in [0.25, 0.3) is 0 Å². The van der Waals surface area contributed by atoms with Gasteiger partial charge in [0.05, 0.1) is 13.2 Å². The lowest BCUT2D eigenvalue weighted by Crippen LogP contribution is -2.01. The van der Waals surface area contributed by atoms with Crippen molar-refractivity contribution in [1.82, 2.24) is 0 Å². The minimum Gasteiger partial charge on any atom is -0.469 e. The summed E-state index contributed by atoms with van der Waals surface area (Å²) >= 11 is 0. The van der Waals surface area contributed by atoms with E-state index >= 15 is 0 Å². The summed E-state index contributed by atoms with van der Waals surface area (Å²) in [5, 5.41) is 0. The van der Waals surface area contributed by atoms with Crippen LogP contribution in [0.5, 0.6) is 0 Å². The molecular weight excluding hydrogens is 300 g/mol. The van der Waals surface area contributed by atoms with Gasteiger partial charge >= 0.3 is 5.97 Å². The first-order chi connectivity index (χ1) is 11.8. The van der Waals surface area contributed by atoms with Crippen LogP contribution >= 0.6 is 0 Å². The Morgan fingerprint density at radius 2 is 1.71 bits per heavy atom. The molecule has 138 valence electrons. The lowest BCUT2D eigenvalue weighted by atomic mass is 10.1. The second-order valence-corrected chi connectivity index (χ2v) is 6.68. The van der Waals surface area contributed by atoms with Crippen LogP contribution in [0.4, 0.5) is 0 Å². The zero-order chi connectivity index (χ0) is 17.5. The number of epoxide rings is 1. The maximum Gasteiger partial charge on any atom is 0.305 e. The summed E-state index contributed by atoms with van der Waals surface area (Å²) in [6.45, 7) is 2.27. The van der Waals surface area contributed by atoms with E-state index in [-0.39, 0.29) is 12.1 Å². The maximum atomic E-state index is 11.0. The van der Waals surface area contributed by atoms with Gasteiger partial charge in [0.15, 0.2) is 0 Å². The molecule has 0 aromatic carbocycles. The van der Waals surface area contributed by atoms with E-state index in [2.05, 4.69) is 36.0 Å². The molecule has 0 amide bonds. The van der Waals surface area contributed by atoms with Crippen molar-refractivity contribution >= 4 is 5.97 Å². The van der Waals surface area contributed by atoms with Crippen LogP contribution in [0.1, 0.15) is 84.0 Å². The van der Waals surface area contributed by atoms with E-state index in [1.54, 1.807) is 0 Å². The van der Waals surface area contributed by atoms with Gasteiger partial charge in [0, 0.05) is 6.42 Å². The summed E-state index contributed by atoms with van der Waals surface area (Å²) < 4.78 is 10.2. The molecule has 1 rings (SSSR count). The number of allylic oxidation sites excluding steroid dienone is 3. The molecule has 0 N–H and O–H groups in total. The minimum absolute atomic E-state index is 0.133. The SMILES string of the molecule is CCCCCCCCCC/C=C/C=C\[C@@H]1O[C@H]1CCCC(=O)OC. The van der Waals surface area contributed by atoms with Crippen molar-refractivity contribution in [1.29, 1.82) is 0 Å². The van der Waals surface area contributed by atoms with E-state index in [1.165, 1.54) is 64.9 Å².